The van der Waals surface area contributed by atoms with E-state index < -0.39 is 12.7 Å². The van der Waals surface area contributed by atoms with Crippen molar-refractivity contribution in [3.05, 3.63) is 0 Å². The van der Waals surface area contributed by atoms with E-state index in [2.05, 4.69) is 0 Å². The SMILES string of the molecule is CC(C)N(C)C(=O)C1CCN(C(=O)CN2CCCN(CC(F)(F)F)CC2)CC1. The standard InChI is InChI=1S/C19H33F3N4O2/c1-15(2)23(3)18(28)16-5-9-26(10-6-16)17(27)13-24-7-4-8-25(12-11-24)14-19(20,21)22/h15-16H,4-14H2,1-3H3. The first kappa shape index (κ1) is 22.9. The first-order valence-electron chi connectivity index (χ1n) is 10.1. The summed E-state index contributed by atoms with van der Waals surface area (Å²) in [5, 5.41) is 0. The lowest BCUT2D eigenvalue weighted by atomic mass is 9.95. The van der Waals surface area contributed by atoms with Gasteiger partial charge < -0.3 is 9.80 Å². The molecule has 0 N–H and O–H groups in total. The Balaban J connectivity index is 1.76. The monoisotopic (exact) mass is 406 g/mol. The molecule has 0 saturated carbocycles. The minimum absolute atomic E-state index is 0.00684. The lowest BCUT2D eigenvalue weighted by Crippen LogP contribution is -2.48. The van der Waals surface area contributed by atoms with Gasteiger partial charge in [0, 0.05) is 45.2 Å². The Kier molecular flexibility index (Phi) is 8.12. The third kappa shape index (κ3) is 6.92. The molecule has 2 saturated heterocycles. The van der Waals surface area contributed by atoms with Crippen molar-refractivity contribution in [2.45, 2.75) is 45.3 Å². The van der Waals surface area contributed by atoms with Crippen LogP contribution in [-0.4, -0.2) is 103 Å². The van der Waals surface area contributed by atoms with E-state index in [-0.39, 0.29) is 30.3 Å². The predicted octanol–water partition coefficient (Wildman–Crippen LogP) is 1.66. The summed E-state index contributed by atoms with van der Waals surface area (Å²) in [5.74, 6) is 0.109. The largest absolute Gasteiger partial charge is 0.401 e. The molecule has 6 nitrogen and oxygen atoms in total. The molecule has 0 aromatic rings. The summed E-state index contributed by atoms with van der Waals surface area (Å²) in [6, 6.07) is 0.159. The van der Waals surface area contributed by atoms with Crippen molar-refractivity contribution in [3.63, 3.8) is 0 Å². The molecule has 0 aromatic heterocycles. The highest BCUT2D eigenvalue weighted by Crippen LogP contribution is 2.21. The highest BCUT2D eigenvalue weighted by atomic mass is 19.4. The van der Waals surface area contributed by atoms with Crippen LogP contribution in [0.15, 0.2) is 0 Å². The van der Waals surface area contributed by atoms with Crippen LogP contribution in [0, 0.1) is 5.92 Å². The molecule has 2 rings (SSSR count). The molecule has 0 aromatic carbocycles. The quantitative estimate of drug-likeness (QED) is 0.697. The number of hydrogen-bond donors (Lipinski definition) is 0. The summed E-state index contributed by atoms with van der Waals surface area (Å²) < 4.78 is 37.7. The second-order valence-corrected chi connectivity index (χ2v) is 8.22. The van der Waals surface area contributed by atoms with Crippen LogP contribution in [-0.2, 0) is 9.59 Å². The average molecular weight is 406 g/mol. The predicted molar refractivity (Wildman–Crippen MR) is 101 cm³/mol. The zero-order valence-electron chi connectivity index (χ0n) is 17.2. The van der Waals surface area contributed by atoms with E-state index >= 15 is 0 Å². The van der Waals surface area contributed by atoms with Gasteiger partial charge in [0.15, 0.2) is 0 Å². The minimum atomic E-state index is -4.18. The molecule has 0 aliphatic carbocycles. The molecule has 0 atom stereocenters. The van der Waals surface area contributed by atoms with Gasteiger partial charge >= 0.3 is 6.18 Å². The Morgan fingerprint density at radius 1 is 1.00 bits per heavy atom. The summed E-state index contributed by atoms with van der Waals surface area (Å²) in [4.78, 5) is 31.9. The number of nitrogens with zero attached hydrogens (tertiary/aromatic N) is 4. The van der Waals surface area contributed by atoms with Crippen molar-refractivity contribution in [2.75, 3.05) is 59.4 Å². The van der Waals surface area contributed by atoms with Crippen molar-refractivity contribution in [2.24, 2.45) is 5.92 Å². The van der Waals surface area contributed by atoms with E-state index in [9.17, 15) is 22.8 Å². The number of carbonyl (C=O) groups excluding carboxylic acids is 2. The number of likely N-dealkylation sites (tertiary alicyclic amines) is 1. The molecule has 2 heterocycles. The second kappa shape index (κ2) is 9.91. The average Bonchev–Trinajstić information content (AvgIpc) is 2.84. The van der Waals surface area contributed by atoms with Crippen molar-refractivity contribution >= 4 is 11.8 Å². The van der Waals surface area contributed by atoms with Crippen LogP contribution >= 0.6 is 0 Å². The van der Waals surface area contributed by atoms with Crippen molar-refractivity contribution < 1.29 is 22.8 Å². The maximum atomic E-state index is 12.6. The van der Waals surface area contributed by atoms with Crippen LogP contribution < -0.4 is 0 Å². The van der Waals surface area contributed by atoms with Crippen molar-refractivity contribution in [3.8, 4) is 0 Å². The Morgan fingerprint density at radius 2 is 1.57 bits per heavy atom. The molecule has 0 bridgehead atoms. The maximum Gasteiger partial charge on any atom is 0.401 e. The van der Waals surface area contributed by atoms with E-state index in [1.807, 2.05) is 25.8 Å². The molecular weight excluding hydrogens is 373 g/mol. The highest BCUT2D eigenvalue weighted by molar-refractivity contribution is 5.81. The first-order chi connectivity index (χ1) is 13.1. The molecule has 9 heteroatoms. The zero-order chi connectivity index (χ0) is 20.9. The van der Waals surface area contributed by atoms with Gasteiger partial charge in [0.1, 0.15) is 0 Å². The Hall–Kier alpha value is -1.35. The van der Waals surface area contributed by atoms with Gasteiger partial charge in [0.25, 0.3) is 0 Å². The second-order valence-electron chi connectivity index (χ2n) is 8.22. The number of amides is 2. The van der Waals surface area contributed by atoms with Gasteiger partial charge in [-0.2, -0.15) is 13.2 Å². The van der Waals surface area contributed by atoms with Gasteiger partial charge in [0.05, 0.1) is 13.1 Å². The highest BCUT2D eigenvalue weighted by Gasteiger charge is 2.33. The van der Waals surface area contributed by atoms with E-state index in [1.54, 1.807) is 9.80 Å². The third-order valence-electron chi connectivity index (χ3n) is 5.76. The summed E-state index contributed by atoms with van der Waals surface area (Å²) in [6.45, 7) is 6.27. The topological polar surface area (TPSA) is 47.1 Å². The smallest absolute Gasteiger partial charge is 0.343 e. The van der Waals surface area contributed by atoms with E-state index in [4.69, 9.17) is 0 Å². The molecule has 162 valence electrons. The first-order valence-corrected chi connectivity index (χ1v) is 10.1. The fourth-order valence-electron chi connectivity index (χ4n) is 3.80. The molecule has 0 spiro atoms. The molecule has 2 aliphatic heterocycles. The number of piperidine rings is 1. The van der Waals surface area contributed by atoms with Crippen molar-refractivity contribution in [1.82, 2.24) is 19.6 Å². The number of hydrogen-bond acceptors (Lipinski definition) is 4. The van der Waals surface area contributed by atoms with E-state index in [0.29, 0.717) is 58.5 Å². The van der Waals surface area contributed by atoms with Gasteiger partial charge in [-0.05, 0) is 46.2 Å². The molecule has 2 aliphatic rings. The molecule has 0 unspecified atom stereocenters. The maximum absolute atomic E-state index is 12.6. The molecular formula is C19H33F3N4O2. The van der Waals surface area contributed by atoms with Crippen molar-refractivity contribution in [1.29, 1.82) is 0 Å². The Morgan fingerprint density at radius 3 is 2.14 bits per heavy atom. The number of halogens is 3. The molecule has 2 amide bonds. The summed E-state index contributed by atoms with van der Waals surface area (Å²) in [5.41, 5.74) is 0. The van der Waals surface area contributed by atoms with Gasteiger partial charge in [-0.1, -0.05) is 0 Å². The van der Waals surface area contributed by atoms with Crippen LogP contribution in [0.1, 0.15) is 33.1 Å². The van der Waals surface area contributed by atoms with Gasteiger partial charge in [0.2, 0.25) is 11.8 Å². The van der Waals surface area contributed by atoms with Crippen LogP contribution in [0.4, 0.5) is 13.2 Å². The number of carbonyl (C=O) groups is 2. The van der Waals surface area contributed by atoms with E-state index in [0.717, 1.165) is 0 Å². The molecule has 2 fully saturated rings. The summed E-state index contributed by atoms with van der Waals surface area (Å²) >= 11 is 0. The summed E-state index contributed by atoms with van der Waals surface area (Å²) in [6.07, 6.45) is -2.22. The minimum Gasteiger partial charge on any atom is -0.343 e. The summed E-state index contributed by atoms with van der Waals surface area (Å²) in [7, 11) is 1.81. The van der Waals surface area contributed by atoms with Crippen LogP contribution in [0.25, 0.3) is 0 Å². The lowest BCUT2D eigenvalue weighted by Gasteiger charge is -2.35. The Labute approximate surface area is 165 Å². The normalized spacial score (nSPS) is 21.0. The van der Waals surface area contributed by atoms with Crippen LogP contribution in [0.2, 0.25) is 0 Å². The number of rotatable bonds is 5. The fourth-order valence-corrected chi connectivity index (χ4v) is 3.80. The van der Waals surface area contributed by atoms with E-state index in [1.165, 1.54) is 4.90 Å². The van der Waals surface area contributed by atoms with Crippen LogP contribution in [0.5, 0.6) is 0 Å². The Bertz CT molecular complexity index is 534. The zero-order valence-corrected chi connectivity index (χ0v) is 17.2. The lowest BCUT2D eigenvalue weighted by molar-refractivity contribution is -0.145. The molecule has 0 radical (unpaired) electrons. The van der Waals surface area contributed by atoms with Gasteiger partial charge in [-0.25, -0.2) is 0 Å². The van der Waals surface area contributed by atoms with Crippen LogP contribution in [0.3, 0.4) is 0 Å². The van der Waals surface area contributed by atoms with Gasteiger partial charge in [-0.15, -0.1) is 0 Å². The molecule has 28 heavy (non-hydrogen) atoms. The van der Waals surface area contributed by atoms with Gasteiger partial charge in [-0.3, -0.25) is 19.4 Å². The fraction of sp³-hybridized carbons (Fsp3) is 0.895. The number of alkyl halides is 3. The third-order valence-corrected chi connectivity index (χ3v) is 5.76.